The fourth-order valence-electron chi connectivity index (χ4n) is 8.48. The molecule has 0 bridgehead atoms. The van der Waals surface area contributed by atoms with Crippen LogP contribution in [0.2, 0.25) is 0 Å². The summed E-state index contributed by atoms with van der Waals surface area (Å²) in [6.45, 7) is 0. The fourth-order valence-corrected chi connectivity index (χ4v) is 8.48. The summed E-state index contributed by atoms with van der Waals surface area (Å²) >= 11 is 0. The average molecular weight is 677 g/mol. The van der Waals surface area contributed by atoms with Gasteiger partial charge in [-0.05, 0) is 76.3 Å². The van der Waals surface area contributed by atoms with Gasteiger partial charge in [0.15, 0.2) is 0 Å². The smallest absolute Gasteiger partial charge is 0.138 e. The molecular weight excluding hydrogens is 645 g/mol. The van der Waals surface area contributed by atoms with Crippen LogP contribution in [-0.4, -0.2) is 4.57 Å². The lowest BCUT2D eigenvalue weighted by atomic mass is 9.94. The molecule has 0 unspecified atom stereocenters. The molecular formula is C50H32N2O. The second-order valence-corrected chi connectivity index (χ2v) is 13.7. The number of nitrogens with zero attached hydrogens (tertiary/aromatic N) is 2. The Kier molecular flexibility index (Phi) is 6.55. The van der Waals surface area contributed by atoms with Crippen LogP contribution in [0.5, 0.6) is 0 Å². The molecule has 248 valence electrons. The minimum atomic E-state index is 0.877. The van der Waals surface area contributed by atoms with E-state index < -0.39 is 0 Å². The third-order valence-corrected chi connectivity index (χ3v) is 10.7. The predicted molar refractivity (Wildman–Crippen MR) is 223 cm³/mol. The maximum Gasteiger partial charge on any atom is 0.138 e. The molecule has 0 amide bonds. The number of hydrogen-bond donors (Lipinski definition) is 0. The van der Waals surface area contributed by atoms with Crippen LogP contribution in [0.3, 0.4) is 0 Å². The molecule has 0 radical (unpaired) electrons. The molecule has 0 aliphatic carbocycles. The molecule has 0 N–H and O–H groups in total. The number of rotatable bonds is 5. The third-order valence-electron chi connectivity index (χ3n) is 10.7. The first kappa shape index (κ1) is 29.6. The van der Waals surface area contributed by atoms with E-state index in [0.717, 1.165) is 61.3 Å². The molecule has 0 aliphatic rings. The van der Waals surface area contributed by atoms with Crippen molar-refractivity contribution in [2.75, 3.05) is 4.90 Å². The molecule has 11 aromatic rings. The van der Waals surface area contributed by atoms with Crippen molar-refractivity contribution in [2.24, 2.45) is 0 Å². The first-order valence-electron chi connectivity index (χ1n) is 18.1. The van der Waals surface area contributed by atoms with Crippen molar-refractivity contribution in [1.82, 2.24) is 4.57 Å². The Morgan fingerprint density at radius 1 is 0.377 bits per heavy atom. The monoisotopic (exact) mass is 676 g/mol. The van der Waals surface area contributed by atoms with Crippen LogP contribution in [0.15, 0.2) is 199 Å². The van der Waals surface area contributed by atoms with E-state index in [1.165, 1.54) is 37.9 Å². The van der Waals surface area contributed by atoms with Gasteiger partial charge in [-0.1, -0.05) is 133 Å². The SMILES string of the molecule is c1ccc(-c2c3c(cc4c2c2cc(N(c5ccccc5)c5ccccc5)ccc2n4-c2cc4ccccc4c4ccccc24)oc2ccccc23)cc1. The van der Waals surface area contributed by atoms with E-state index in [0.29, 0.717) is 0 Å². The normalized spacial score (nSPS) is 11.8. The molecule has 9 aromatic carbocycles. The van der Waals surface area contributed by atoms with Crippen molar-refractivity contribution in [3.8, 4) is 16.8 Å². The minimum absolute atomic E-state index is 0.877. The summed E-state index contributed by atoms with van der Waals surface area (Å²) in [6, 6.07) is 69.6. The maximum atomic E-state index is 6.72. The zero-order valence-corrected chi connectivity index (χ0v) is 28.8. The lowest BCUT2D eigenvalue weighted by molar-refractivity contribution is 0.669. The fraction of sp³-hybridized carbons (Fsp3) is 0. The summed E-state index contributed by atoms with van der Waals surface area (Å²) in [5.41, 5.74) is 10.8. The Labute approximate surface area is 306 Å². The van der Waals surface area contributed by atoms with E-state index in [2.05, 4.69) is 204 Å². The standard InChI is InChI=1S/C50H32N2O/c1-4-16-33(17-5-1)48-49-42-31-37(51(35-19-6-2-7-20-35)36-21-8-3-9-22-36)28-29-43(42)52(45(49)32-47-50(48)41-26-14-15-27-46(41)53-47)44-30-34-18-10-11-23-38(34)39-24-12-13-25-40(39)44/h1-32H. The topological polar surface area (TPSA) is 21.3 Å². The number of anilines is 3. The van der Waals surface area contributed by atoms with Crippen LogP contribution in [0.25, 0.3) is 82.1 Å². The van der Waals surface area contributed by atoms with E-state index >= 15 is 0 Å². The molecule has 3 nitrogen and oxygen atoms in total. The Bertz CT molecular complexity index is 3120. The zero-order valence-electron chi connectivity index (χ0n) is 28.8. The Hall–Kier alpha value is -7.10. The molecule has 2 heterocycles. The van der Waals surface area contributed by atoms with E-state index in [4.69, 9.17) is 4.42 Å². The van der Waals surface area contributed by atoms with Gasteiger partial charge in [-0.2, -0.15) is 0 Å². The van der Waals surface area contributed by atoms with Crippen LogP contribution in [0.4, 0.5) is 17.1 Å². The van der Waals surface area contributed by atoms with Crippen molar-refractivity contribution in [1.29, 1.82) is 0 Å². The van der Waals surface area contributed by atoms with Crippen LogP contribution >= 0.6 is 0 Å². The van der Waals surface area contributed by atoms with Crippen molar-refractivity contribution in [3.05, 3.63) is 194 Å². The van der Waals surface area contributed by atoms with Gasteiger partial charge < -0.3 is 13.9 Å². The van der Waals surface area contributed by atoms with Crippen LogP contribution in [-0.2, 0) is 0 Å². The Morgan fingerprint density at radius 3 is 1.72 bits per heavy atom. The highest BCUT2D eigenvalue weighted by atomic mass is 16.3. The first-order valence-corrected chi connectivity index (χ1v) is 18.1. The molecule has 0 atom stereocenters. The van der Waals surface area contributed by atoms with Gasteiger partial charge in [-0.25, -0.2) is 0 Å². The average Bonchev–Trinajstić information content (AvgIpc) is 3.76. The lowest BCUT2D eigenvalue weighted by Gasteiger charge is -2.25. The molecule has 0 saturated carbocycles. The summed E-state index contributed by atoms with van der Waals surface area (Å²) < 4.78 is 9.19. The van der Waals surface area contributed by atoms with Gasteiger partial charge in [0.1, 0.15) is 11.2 Å². The Morgan fingerprint density at radius 2 is 0.981 bits per heavy atom. The molecule has 0 spiro atoms. The van der Waals surface area contributed by atoms with Crippen LogP contribution in [0, 0.1) is 0 Å². The van der Waals surface area contributed by atoms with Crippen LogP contribution in [0.1, 0.15) is 0 Å². The zero-order chi connectivity index (χ0) is 34.9. The van der Waals surface area contributed by atoms with E-state index in [9.17, 15) is 0 Å². The number of aromatic nitrogens is 1. The second kappa shape index (κ2) is 11.7. The summed E-state index contributed by atoms with van der Waals surface area (Å²) in [4.78, 5) is 2.35. The number of benzene rings is 9. The number of para-hydroxylation sites is 3. The van der Waals surface area contributed by atoms with E-state index in [1.807, 2.05) is 0 Å². The summed E-state index contributed by atoms with van der Waals surface area (Å²) in [7, 11) is 0. The van der Waals surface area contributed by atoms with Crippen molar-refractivity contribution in [2.45, 2.75) is 0 Å². The van der Waals surface area contributed by atoms with E-state index in [-0.39, 0.29) is 0 Å². The number of hydrogen-bond acceptors (Lipinski definition) is 2. The van der Waals surface area contributed by atoms with Gasteiger partial charge in [0.25, 0.3) is 0 Å². The minimum Gasteiger partial charge on any atom is -0.456 e. The quantitative estimate of drug-likeness (QED) is 0.169. The highest BCUT2D eigenvalue weighted by Crippen LogP contribution is 2.48. The van der Waals surface area contributed by atoms with E-state index in [1.54, 1.807) is 0 Å². The first-order chi connectivity index (χ1) is 26.3. The Balaban J connectivity index is 1.34. The molecule has 2 aromatic heterocycles. The van der Waals surface area contributed by atoms with Crippen molar-refractivity contribution < 1.29 is 4.42 Å². The molecule has 11 rings (SSSR count). The summed E-state index contributed by atoms with van der Waals surface area (Å²) in [6.07, 6.45) is 0. The summed E-state index contributed by atoms with van der Waals surface area (Å²) in [5.74, 6) is 0. The summed E-state index contributed by atoms with van der Waals surface area (Å²) in [5, 5.41) is 9.53. The lowest BCUT2D eigenvalue weighted by Crippen LogP contribution is -2.09. The van der Waals surface area contributed by atoms with Gasteiger partial charge in [0, 0.05) is 55.6 Å². The third kappa shape index (κ3) is 4.54. The molecule has 3 heteroatoms. The van der Waals surface area contributed by atoms with Gasteiger partial charge in [0.05, 0.1) is 16.7 Å². The molecule has 0 aliphatic heterocycles. The van der Waals surface area contributed by atoms with Crippen LogP contribution < -0.4 is 4.90 Å². The molecule has 0 saturated heterocycles. The highest BCUT2D eigenvalue weighted by molar-refractivity contribution is 6.28. The van der Waals surface area contributed by atoms with Gasteiger partial charge in [0.2, 0.25) is 0 Å². The van der Waals surface area contributed by atoms with Gasteiger partial charge in [-0.3, -0.25) is 0 Å². The van der Waals surface area contributed by atoms with Crippen molar-refractivity contribution in [3.63, 3.8) is 0 Å². The highest BCUT2D eigenvalue weighted by Gasteiger charge is 2.25. The van der Waals surface area contributed by atoms with Crippen molar-refractivity contribution >= 4 is 82.4 Å². The molecule has 53 heavy (non-hydrogen) atoms. The largest absolute Gasteiger partial charge is 0.456 e. The number of furan rings is 1. The number of fused-ring (bicyclic) bond motifs is 9. The predicted octanol–water partition coefficient (Wildman–Crippen LogP) is 14.1. The van der Waals surface area contributed by atoms with Gasteiger partial charge in [-0.15, -0.1) is 0 Å². The molecule has 0 fully saturated rings. The maximum absolute atomic E-state index is 6.72. The van der Waals surface area contributed by atoms with Gasteiger partial charge >= 0.3 is 0 Å². The second-order valence-electron chi connectivity index (χ2n) is 13.7.